The highest BCUT2D eigenvalue weighted by Crippen LogP contribution is 2.32. The number of Topliss-reactive ketones (excluding diaryl/α,β-unsaturated/α-hetero) is 1. The van der Waals surface area contributed by atoms with Crippen LogP contribution in [0.2, 0.25) is 0 Å². The van der Waals surface area contributed by atoms with Gasteiger partial charge in [-0.25, -0.2) is 12.7 Å². The van der Waals surface area contributed by atoms with Crippen molar-refractivity contribution in [1.29, 1.82) is 0 Å². The van der Waals surface area contributed by atoms with Crippen molar-refractivity contribution >= 4 is 27.6 Å². The number of ketones is 1. The van der Waals surface area contributed by atoms with Gasteiger partial charge in [-0.2, -0.15) is 0 Å². The van der Waals surface area contributed by atoms with Gasteiger partial charge in [0.2, 0.25) is 10.0 Å². The number of sulfonamides is 1. The molecule has 0 amide bonds. The van der Waals surface area contributed by atoms with Gasteiger partial charge in [-0.3, -0.25) is 4.79 Å². The topological polar surface area (TPSA) is 80.5 Å². The standard InChI is InChI=1S/C18H30N2O4S2/c1-17(2,3)16-10-14(19-24-16)9-15(21)18(4,5)25-12-13-7-8-20(11-13)26(6,22)23/h10,13H,7-9,11-12H2,1-6H3. The second-order valence-corrected chi connectivity index (χ2v) is 12.3. The third-order valence-electron chi connectivity index (χ3n) is 4.71. The zero-order valence-electron chi connectivity index (χ0n) is 16.5. The summed E-state index contributed by atoms with van der Waals surface area (Å²) in [6, 6.07) is 1.86. The first kappa shape index (κ1) is 21.4. The van der Waals surface area contributed by atoms with Gasteiger partial charge in [-0.15, -0.1) is 11.8 Å². The largest absolute Gasteiger partial charge is 0.361 e. The third-order valence-corrected chi connectivity index (χ3v) is 7.57. The number of rotatable bonds is 7. The van der Waals surface area contributed by atoms with Crippen molar-refractivity contribution in [3.05, 3.63) is 17.5 Å². The van der Waals surface area contributed by atoms with Gasteiger partial charge in [-0.1, -0.05) is 25.9 Å². The van der Waals surface area contributed by atoms with Crippen LogP contribution in [0.3, 0.4) is 0 Å². The number of carbonyl (C=O) groups is 1. The van der Waals surface area contributed by atoms with Gasteiger partial charge in [0, 0.05) is 24.6 Å². The van der Waals surface area contributed by atoms with E-state index >= 15 is 0 Å². The number of carbonyl (C=O) groups excluding carboxylic acids is 1. The molecule has 1 fully saturated rings. The lowest BCUT2D eigenvalue weighted by Gasteiger charge is -2.24. The molecule has 1 atom stereocenters. The van der Waals surface area contributed by atoms with Crippen molar-refractivity contribution in [2.24, 2.45) is 5.92 Å². The first-order chi connectivity index (χ1) is 11.8. The molecule has 2 heterocycles. The summed E-state index contributed by atoms with van der Waals surface area (Å²) < 4.78 is 29.6. The predicted molar refractivity (Wildman–Crippen MR) is 105 cm³/mol. The molecular weight excluding hydrogens is 372 g/mol. The smallest absolute Gasteiger partial charge is 0.211 e. The Bertz CT molecular complexity index is 747. The van der Waals surface area contributed by atoms with Crippen LogP contribution in [0.25, 0.3) is 0 Å². The monoisotopic (exact) mass is 402 g/mol. The molecule has 0 aliphatic carbocycles. The van der Waals surface area contributed by atoms with E-state index in [2.05, 4.69) is 5.16 Å². The third kappa shape index (κ3) is 5.57. The van der Waals surface area contributed by atoms with Gasteiger partial charge in [0.15, 0.2) is 5.78 Å². The van der Waals surface area contributed by atoms with E-state index in [1.165, 1.54) is 10.6 Å². The van der Waals surface area contributed by atoms with Gasteiger partial charge in [0.1, 0.15) is 5.76 Å². The van der Waals surface area contributed by atoms with E-state index in [-0.39, 0.29) is 17.6 Å². The van der Waals surface area contributed by atoms with Gasteiger partial charge in [0.25, 0.3) is 0 Å². The molecule has 1 aliphatic heterocycles. The van der Waals surface area contributed by atoms with E-state index < -0.39 is 14.8 Å². The van der Waals surface area contributed by atoms with Crippen LogP contribution in [-0.4, -0.2) is 53.5 Å². The molecule has 6 nitrogen and oxygen atoms in total. The summed E-state index contributed by atoms with van der Waals surface area (Å²) in [5.74, 6) is 1.95. The maximum atomic E-state index is 12.7. The van der Waals surface area contributed by atoms with E-state index in [0.717, 1.165) is 17.9 Å². The van der Waals surface area contributed by atoms with Crippen LogP contribution in [-0.2, 0) is 26.7 Å². The number of hydrogen-bond donors (Lipinski definition) is 0. The Morgan fingerprint density at radius 2 is 2.00 bits per heavy atom. The predicted octanol–water partition coefficient (Wildman–Crippen LogP) is 2.88. The van der Waals surface area contributed by atoms with Crippen LogP contribution in [0.4, 0.5) is 0 Å². The zero-order valence-corrected chi connectivity index (χ0v) is 18.2. The first-order valence-electron chi connectivity index (χ1n) is 8.87. The van der Waals surface area contributed by atoms with Crippen LogP contribution in [0.1, 0.15) is 52.5 Å². The molecule has 1 aromatic heterocycles. The molecular formula is C18H30N2O4S2. The van der Waals surface area contributed by atoms with Crippen LogP contribution < -0.4 is 0 Å². The molecule has 148 valence electrons. The molecule has 0 radical (unpaired) electrons. The van der Waals surface area contributed by atoms with Crippen LogP contribution >= 0.6 is 11.8 Å². The van der Waals surface area contributed by atoms with Gasteiger partial charge in [0.05, 0.1) is 23.1 Å². The van der Waals surface area contributed by atoms with Crippen LogP contribution in [0.15, 0.2) is 10.6 Å². The molecule has 0 saturated carbocycles. The van der Waals surface area contributed by atoms with Crippen LogP contribution in [0, 0.1) is 5.92 Å². The van der Waals surface area contributed by atoms with E-state index in [0.29, 0.717) is 24.7 Å². The fourth-order valence-electron chi connectivity index (χ4n) is 2.77. The molecule has 0 spiro atoms. The molecule has 2 rings (SSSR count). The van der Waals surface area contributed by atoms with Crippen molar-refractivity contribution in [1.82, 2.24) is 9.46 Å². The van der Waals surface area contributed by atoms with Crippen molar-refractivity contribution < 1.29 is 17.7 Å². The molecule has 0 N–H and O–H groups in total. The first-order valence-corrected chi connectivity index (χ1v) is 11.7. The summed E-state index contributed by atoms with van der Waals surface area (Å²) >= 11 is 1.60. The van der Waals surface area contributed by atoms with Crippen molar-refractivity contribution in [3.8, 4) is 0 Å². The molecule has 0 aromatic carbocycles. The average molecular weight is 403 g/mol. The molecule has 26 heavy (non-hydrogen) atoms. The highest BCUT2D eigenvalue weighted by atomic mass is 32.2. The molecule has 1 aliphatic rings. The fourth-order valence-corrected chi connectivity index (χ4v) is 4.84. The van der Waals surface area contributed by atoms with E-state index in [4.69, 9.17) is 4.52 Å². The Morgan fingerprint density at radius 1 is 1.35 bits per heavy atom. The molecule has 1 saturated heterocycles. The van der Waals surface area contributed by atoms with E-state index in [1.54, 1.807) is 11.8 Å². The van der Waals surface area contributed by atoms with Crippen molar-refractivity contribution in [3.63, 3.8) is 0 Å². The molecule has 1 unspecified atom stereocenters. The molecule has 0 bridgehead atoms. The molecule has 1 aromatic rings. The summed E-state index contributed by atoms with van der Waals surface area (Å²) in [7, 11) is -3.12. The van der Waals surface area contributed by atoms with E-state index in [1.807, 2.05) is 40.7 Å². The fraction of sp³-hybridized carbons (Fsp3) is 0.778. The summed E-state index contributed by atoms with van der Waals surface area (Å²) in [6.45, 7) is 11.1. The minimum absolute atomic E-state index is 0.106. The van der Waals surface area contributed by atoms with Gasteiger partial charge in [-0.05, 0) is 31.9 Å². The Kier molecular flexibility index (Phi) is 6.30. The minimum Gasteiger partial charge on any atom is -0.361 e. The zero-order chi connectivity index (χ0) is 19.8. The minimum atomic E-state index is -3.12. The van der Waals surface area contributed by atoms with Gasteiger partial charge >= 0.3 is 0 Å². The Balaban J connectivity index is 1.89. The normalized spacial score (nSPS) is 19.8. The number of nitrogens with zero attached hydrogens (tertiary/aromatic N) is 2. The lowest BCUT2D eigenvalue weighted by Crippen LogP contribution is -2.31. The lowest BCUT2D eigenvalue weighted by atomic mass is 9.92. The number of thioether (sulfide) groups is 1. The second-order valence-electron chi connectivity index (χ2n) is 8.63. The summed E-state index contributed by atoms with van der Waals surface area (Å²) in [6.07, 6.45) is 2.35. The highest BCUT2D eigenvalue weighted by Gasteiger charge is 2.33. The summed E-state index contributed by atoms with van der Waals surface area (Å²) in [4.78, 5) is 12.7. The van der Waals surface area contributed by atoms with Crippen molar-refractivity contribution in [2.75, 3.05) is 25.1 Å². The lowest BCUT2D eigenvalue weighted by molar-refractivity contribution is -0.120. The van der Waals surface area contributed by atoms with Crippen molar-refractivity contribution in [2.45, 2.75) is 57.6 Å². The highest BCUT2D eigenvalue weighted by molar-refractivity contribution is 8.01. The van der Waals surface area contributed by atoms with Crippen LogP contribution in [0.5, 0.6) is 0 Å². The number of hydrogen-bond acceptors (Lipinski definition) is 6. The Hall–Kier alpha value is -0.860. The quantitative estimate of drug-likeness (QED) is 0.698. The Labute approximate surface area is 161 Å². The molecule has 8 heteroatoms. The maximum Gasteiger partial charge on any atom is 0.211 e. The second kappa shape index (κ2) is 7.64. The maximum absolute atomic E-state index is 12.7. The van der Waals surface area contributed by atoms with Gasteiger partial charge < -0.3 is 4.52 Å². The number of aromatic nitrogens is 1. The van der Waals surface area contributed by atoms with E-state index in [9.17, 15) is 13.2 Å². The summed E-state index contributed by atoms with van der Waals surface area (Å²) in [5.41, 5.74) is 0.532. The average Bonchev–Trinajstić information content (AvgIpc) is 3.13. The SMILES string of the molecule is CC(C)(SCC1CCN(S(C)(=O)=O)C1)C(=O)Cc1cc(C(C)(C)C)on1. The Morgan fingerprint density at radius 3 is 2.50 bits per heavy atom. The summed E-state index contributed by atoms with van der Waals surface area (Å²) in [5, 5.41) is 4.03.